The van der Waals surface area contributed by atoms with Gasteiger partial charge in [-0.05, 0) is 0 Å². The number of carboxylic acid groups (broad SMARTS) is 1. The van der Waals surface area contributed by atoms with Crippen LogP contribution in [0.4, 0.5) is 0 Å². The van der Waals surface area contributed by atoms with Crippen molar-refractivity contribution in [2.75, 3.05) is 19.9 Å². The van der Waals surface area contributed by atoms with Crippen LogP contribution in [0.1, 0.15) is 0 Å². The second-order valence-corrected chi connectivity index (χ2v) is 5.61. The highest BCUT2D eigenvalue weighted by Crippen LogP contribution is 2.27. The Morgan fingerprint density at radius 3 is 1.13 bits per heavy atom. The molecule has 0 bridgehead atoms. The Hall–Kier alpha value is -0.270. The van der Waals surface area contributed by atoms with Gasteiger partial charge in [0.25, 0.3) is 0 Å². The number of nitrogens with two attached hydrogens (primary N) is 1. The molecule has 0 aromatic heterocycles. The van der Waals surface area contributed by atoms with Crippen molar-refractivity contribution >= 4 is 21.2 Å². The van der Waals surface area contributed by atoms with E-state index in [0.717, 1.165) is 13.3 Å². The molecule has 0 saturated carbocycles. The van der Waals surface area contributed by atoms with E-state index in [2.05, 4.69) is 5.73 Å². The molecular formula is C4H15NO8P2. The molecule has 0 spiro atoms. The van der Waals surface area contributed by atoms with E-state index < -0.39 is 21.2 Å². The van der Waals surface area contributed by atoms with Crippen molar-refractivity contribution in [2.24, 2.45) is 5.73 Å². The summed E-state index contributed by atoms with van der Waals surface area (Å²) in [6.07, 6.45) is 0. The van der Waals surface area contributed by atoms with Gasteiger partial charge in [-0.1, -0.05) is 0 Å². The first-order chi connectivity index (χ1) is 6.27. The lowest BCUT2D eigenvalue weighted by Gasteiger charge is -1.84. The van der Waals surface area contributed by atoms with E-state index in [1.54, 1.807) is 0 Å². The smallest absolute Gasteiger partial charge is 0.322 e. The third-order valence-corrected chi connectivity index (χ3v) is 0.175. The van der Waals surface area contributed by atoms with Crippen molar-refractivity contribution < 1.29 is 38.6 Å². The van der Waals surface area contributed by atoms with E-state index in [4.69, 9.17) is 24.7 Å². The lowest BCUT2D eigenvalue weighted by molar-refractivity contribution is -0.135. The summed E-state index contributed by atoms with van der Waals surface area (Å²) in [5, 5.41) is 7.60. The fraction of sp³-hybridized carbons (Fsp3) is 0.750. The zero-order valence-electron chi connectivity index (χ0n) is 8.14. The third kappa shape index (κ3) is 631. The van der Waals surface area contributed by atoms with E-state index in [1.165, 1.54) is 0 Å². The van der Waals surface area contributed by atoms with Gasteiger partial charge in [-0.25, -0.2) is 0 Å². The number of aliphatic carboxylic acids is 1. The van der Waals surface area contributed by atoms with Crippen molar-refractivity contribution in [3.05, 3.63) is 0 Å². The topological polar surface area (TPSA) is 178 Å². The molecule has 0 aromatic carbocycles. The molecule has 0 aliphatic heterocycles. The maximum atomic E-state index is 9.33. The van der Waals surface area contributed by atoms with Gasteiger partial charge in [0, 0.05) is 13.3 Å². The van der Waals surface area contributed by atoms with Gasteiger partial charge < -0.3 is 30.4 Å². The lowest BCUT2D eigenvalue weighted by atomic mass is 10.7. The zero-order chi connectivity index (χ0) is 13.3. The van der Waals surface area contributed by atoms with Crippen LogP contribution in [0.15, 0.2) is 0 Å². The van der Waals surface area contributed by atoms with Crippen LogP contribution in [0.3, 0.4) is 0 Å². The number of hydrogen-bond donors (Lipinski definition) is 6. The molecule has 11 heteroatoms. The average molecular weight is 267 g/mol. The van der Waals surface area contributed by atoms with E-state index in [-0.39, 0.29) is 6.54 Å². The van der Waals surface area contributed by atoms with Gasteiger partial charge >= 0.3 is 21.2 Å². The second kappa shape index (κ2) is 8.99. The first-order valence-corrected chi connectivity index (χ1v) is 7.37. The van der Waals surface area contributed by atoms with Gasteiger partial charge in [-0.15, -0.1) is 0 Å². The Bertz CT molecular complexity index is 217. The maximum absolute atomic E-state index is 9.33. The quantitative estimate of drug-likeness (QED) is 0.312. The van der Waals surface area contributed by atoms with E-state index >= 15 is 0 Å². The summed E-state index contributed by atoms with van der Waals surface area (Å²) in [7, 11) is -7.28. The van der Waals surface area contributed by atoms with Crippen molar-refractivity contribution in [1.82, 2.24) is 0 Å². The molecule has 0 aliphatic carbocycles. The van der Waals surface area contributed by atoms with Gasteiger partial charge in [0.05, 0.1) is 6.54 Å². The van der Waals surface area contributed by atoms with Crippen molar-refractivity contribution in [3.8, 4) is 0 Å². The second-order valence-electron chi connectivity index (χ2n) is 2.27. The van der Waals surface area contributed by atoms with Crippen molar-refractivity contribution in [1.29, 1.82) is 0 Å². The summed E-state index contributed by atoms with van der Waals surface area (Å²) in [6, 6.07) is 0. The lowest BCUT2D eigenvalue weighted by Crippen LogP contribution is -2.10. The van der Waals surface area contributed by atoms with Gasteiger partial charge in [0.2, 0.25) is 0 Å². The van der Waals surface area contributed by atoms with Gasteiger partial charge in [-0.3, -0.25) is 13.9 Å². The molecule has 0 rings (SSSR count). The number of carboxylic acids is 1. The van der Waals surface area contributed by atoms with Crippen LogP contribution >= 0.6 is 15.2 Å². The Kier molecular flexibility index (Phi) is 12.1. The number of hydrogen-bond acceptors (Lipinski definition) is 4. The molecule has 0 aromatic rings. The molecule has 9 nitrogen and oxygen atoms in total. The summed E-state index contributed by atoms with van der Waals surface area (Å²) >= 11 is 0. The maximum Gasteiger partial charge on any atom is 0.322 e. The van der Waals surface area contributed by atoms with Crippen molar-refractivity contribution in [3.63, 3.8) is 0 Å². The van der Waals surface area contributed by atoms with Gasteiger partial charge in [0.1, 0.15) is 0 Å². The highest BCUT2D eigenvalue weighted by molar-refractivity contribution is 7.51. The van der Waals surface area contributed by atoms with Crippen LogP contribution in [-0.4, -0.2) is 50.5 Å². The largest absolute Gasteiger partial charge is 0.480 e. The Morgan fingerprint density at radius 1 is 1.07 bits per heavy atom. The number of carbonyl (C=O) groups is 1. The Balaban J connectivity index is -0.000000144. The molecule has 0 amide bonds. The molecule has 0 heterocycles. The first kappa shape index (κ1) is 20.2. The van der Waals surface area contributed by atoms with Crippen LogP contribution in [-0.2, 0) is 13.9 Å². The first-order valence-electron chi connectivity index (χ1n) is 3.25. The molecule has 0 atom stereocenters. The normalized spacial score (nSPS) is 10.3. The van der Waals surface area contributed by atoms with E-state index in [9.17, 15) is 13.9 Å². The molecule has 15 heavy (non-hydrogen) atoms. The molecular weight excluding hydrogens is 252 g/mol. The summed E-state index contributed by atoms with van der Waals surface area (Å²) in [4.78, 5) is 39.8. The summed E-state index contributed by atoms with van der Waals surface area (Å²) in [6.45, 7) is 1.43. The third-order valence-electron chi connectivity index (χ3n) is 0.175. The molecule has 0 saturated heterocycles. The van der Waals surface area contributed by atoms with Crippen molar-refractivity contribution in [2.45, 2.75) is 0 Å². The minimum Gasteiger partial charge on any atom is -0.480 e. The standard InChI is InChI=1S/C2H5NO2.2CH5O3P/c3-1-2(4)5;2*1-5(2,3)4/h1,3H2,(H,4,5);2*1H3,(H2,2,3,4). The molecule has 0 unspecified atom stereocenters. The monoisotopic (exact) mass is 267 g/mol. The Labute approximate surface area is 86.2 Å². The molecule has 7 N–H and O–H groups in total. The summed E-state index contributed by atoms with van der Waals surface area (Å²) < 4.78 is 18.7. The van der Waals surface area contributed by atoms with Gasteiger partial charge in [0.15, 0.2) is 0 Å². The SMILES string of the molecule is CP(=O)(O)O.CP(=O)(O)O.NCC(=O)O. The van der Waals surface area contributed by atoms with Gasteiger partial charge in [-0.2, -0.15) is 0 Å². The molecule has 94 valence electrons. The summed E-state index contributed by atoms with van der Waals surface area (Å²) in [5.74, 6) is -0.968. The number of rotatable bonds is 1. The van der Waals surface area contributed by atoms with E-state index in [0.29, 0.717) is 0 Å². The predicted octanol–water partition coefficient (Wildman–Crippen LogP) is -1.38. The fourth-order valence-electron chi connectivity index (χ4n) is 0. The van der Waals surface area contributed by atoms with Crippen LogP contribution in [0.5, 0.6) is 0 Å². The van der Waals surface area contributed by atoms with Crippen LogP contribution in [0.25, 0.3) is 0 Å². The van der Waals surface area contributed by atoms with E-state index in [1.807, 2.05) is 0 Å². The minimum absolute atomic E-state index is 0.278. The molecule has 0 fully saturated rings. The zero-order valence-corrected chi connectivity index (χ0v) is 9.93. The average Bonchev–Trinajstić information content (AvgIpc) is 1.79. The fourth-order valence-corrected chi connectivity index (χ4v) is 0. The molecule has 0 aliphatic rings. The predicted molar refractivity (Wildman–Crippen MR) is 52.6 cm³/mol. The molecule has 0 radical (unpaired) electrons. The Morgan fingerprint density at radius 2 is 1.13 bits per heavy atom. The highest BCUT2D eigenvalue weighted by Gasteiger charge is 1.96. The van der Waals surface area contributed by atoms with Crippen LogP contribution < -0.4 is 5.73 Å². The summed E-state index contributed by atoms with van der Waals surface area (Å²) in [5.41, 5.74) is 4.57. The highest BCUT2D eigenvalue weighted by atomic mass is 31.2. The van der Waals surface area contributed by atoms with Crippen LogP contribution in [0.2, 0.25) is 0 Å². The minimum atomic E-state index is -3.64. The van der Waals surface area contributed by atoms with Crippen LogP contribution in [0, 0.1) is 0 Å².